The van der Waals surface area contributed by atoms with Crippen LogP contribution in [0.2, 0.25) is 0 Å². The minimum atomic E-state index is 0.166. The van der Waals surface area contributed by atoms with Crippen LogP contribution in [-0.4, -0.2) is 48.1 Å². The van der Waals surface area contributed by atoms with Gasteiger partial charge >= 0.3 is 0 Å². The molecule has 0 bridgehead atoms. The Bertz CT molecular complexity index is 372. The third-order valence-corrected chi connectivity index (χ3v) is 3.41. The van der Waals surface area contributed by atoms with Gasteiger partial charge in [0.15, 0.2) is 0 Å². The van der Waals surface area contributed by atoms with Gasteiger partial charge in [-0.2, -0.15) is 0 Å². The fourth-order valence-electron chi connectivity index (χ4n) is 1.98. The van der Waals surface area contributed by atoms with Crippen molar-refractivity contribution in [3.05, 3.63) is 23.9 Å². The zero-order valence-corrected chi connectivity index (χ0v) is 11.9. The fraction of sp³-hybridized carbons (Fsp3) is 0.643. The minimum absolute atomic E-state index is 0.166. The normalized spacial score (nSPS) is 18.9. The molecule has 0 aromatic carbocycles. The van der Waals surface area contributed by atoms with Gasteiger partial charge in [-0.05, 0) is 24.1 Å². The molecule has 4 nitrogen and oxygen atoms in total. The first-order chi connectivity index (χ1) is 8.45. The molecule has 1 fully saturated rings. The van der Waals surface area contributed by atoms with Crippen LogP contribution in [0.5, 0.6) is 0 Å². The lowest BCUT2D eigenvalue weighted by Crippen LogP contribution is -2.47. The summed E-state index contributed by atoms with van der Waals surface area (Å²) in [4.78, 5) is 6.83. The molecule has 1 aliphatic rings. The first-order valence-electron chi connectivity index (χ1n) is 6.62. The predicted molar refractivity (Wildman–Crippen MR) is 75.6 cm³/mol. The summed E-state index contributed by atoms with van der Waals surface area (Å²) < 4.78 is 0. The van der Waals surface area contributed by atoms with Crippen molar-refractivity contribution in [3.63, 3.8) is 0 Å². The molecule has 18 heavy (non-hydrogen) atoms. The topological polar surface area (TPSA) is 31.4 Å². The van der Waals surface area contributed by atoms with Crippen molar-refractivity contribution >= 4 is 5.82 Å². The van der Waals surface area contributed by atoms with Gasteiger partial charge < -0.3 is 10.3 Å². The van der Waals surface area contributed by atoms with Gasteiger partial charge in [-0.3, -0.25) is 0 Å². The van der Waals surface area contributed by atoms with Crippen molar-refractivity contribution in [2.24, 2.45) is 0 Å². The molecule has 1 saturated heterocycles. The van der Waals surface area contributed by atoms with Crippen LogP contribution in [0.25, 0.3) is 0 Å². The molecule has 0 aliphatic carbocycles. The zero-order chi connectivity index (χ0) is 13.2. The van der Waals surface area contributed by atoms with Crippen LogP contribution >= 0.6 is 0 Å². The Hall–Kier alpha value is -1.13. The summed E-state index contributed by atoms with van der Waals surface area (Å²) >= 11 is 0. The number of piperazine rings is 1. The molecule has 0 atom stereocenters. The van der Waals surface area contributed by atoms with Crippen molar-refractivity contribution < 1.29 is 0 Å². The number of likely N-dealkylation sites (N-methyl/N-ethyl adjacent to an activating group) is 1. The Labute approximate surface area is 110 Å². The van der Waals surface area contributed by atoms with Crippen molar-refractivity contribution in [1.29, 1.82) is 0 Å². The number of aromatic nitrogens is 1. The lowest BCUT2D eigenvalue weighted by atomic mass is 9.88. The lowest BCUT2D eigenvalue weighted by Gasteiger charge is -2.32. The van der Waals surface area contributed by atoms with Gasteiger partial charge in [-0.15, -0.1) is 0 Å². The maximum absolute atomic E-state index is 4.49. The van der Waals surface area contributed by atoms with E-state index in [1.165, 1.54) is 5.56 Å². The van der Waals surface area contributed by atoms with Crippen LogP contribution in [0, 0.1) is 0 Å². The highest BCUT2D eigenvalue weighted by molar-refractivity contribution is 5.36. The molecule has 0 radical (unpaired) electrons. The van der Waals surface area contributed by atoms with E-state index in [9.17, 15) is 0 Å². The molecule has 0 saturated carbocycles. The van der Waals surface area contributed by atoms with Gasteiger partial charge in [0.25, 0.3) is 0 Å². The molecule has 0 spiro atoms. The molecule has 4 heteroatoms. The number of nitrogens with one attached hydrogen (secondary N) is 1. The molecular weight excluding hydrogens is 224 g/mol. The second-order valence-electron chi connectivity index (χ2n) is 6.08. The quantitative estimate of drug-likeness (QED) is 0.867. The van der Waals surface area contributed by atoms with Gasteiger partial charge in [0, 0.05) is 32.4 Å². The van der Waals surface area contributed by atoms with Gasteiger partial charge in [0.2, 0.25) is 0 Å². The molecular formula is C14H24N4. The third-order valence-electron chi connectivity index (χ3n) is 3.41. The van der Waals surface area contributed by atoms with E-state index in [0.29, 0.717) is 0 Å². The van der Waals surface area contributed by atoms with E-state index < -0.39 is 0 Å². The summed E-state index contributed by atoms with van der Waals surface area (Å²) in [5.41, 5.74) is 4.81. The van der Waals surface area contributed by atoms with Crippen LogP contribution < -0.4 is 5.43 Å². The standard InChI is InChI=1S/C14H24N4/c1-14(2,3)12-5-6-13(15-11-12)16-18-9-7-17(4)8-10-18/h5-6,11H,7-10H2,1-4H3,(H,15,16). The zero-order valence-electron chi connectivity index (χ0n) is 11.9. The van der Waals surface area contributed by atoms with Crippen molar-refractivity contribution in [3.8, 4) is 0 Å². The second kappa shape index (κ2) is 5.24. The molecule has 1 aromatic heterocycles. The Morgan fingerprint density at radius 3 is 2.28 bits per heavy atom. The summed E-state index contributed by atoms with van der Waals surface area (Å²) in [5.74, 6) is 0.938. The summed E-state index contributed by atoms with van der Waals surface area (Å²) in [7, 11) is 2.16. The van der Waals surface area contributed by atoms with E-state index in [1.807, 2.05) is 6.20 Å². The lowest BCUT2D eigenvalue weighted by molar-refractivity contribution is 0.178. The molecule has 1 aliphatic heterocycles. The highest BCUT2D eigenvalue weighted by Crippen LogP contribution is 2.22. The van der Waals surface area contributed by atoms with Crippen LogP contribution in [0.1, 0.15) is 26.3 Å². The number of hydrazine groups is 1. The largest absolute Gasteiger partial charge is 0.304 e. The average molecular weight is 248 g/mol. The average Bonchev–Trinajstić information content (AvgIpc) is 2.32. The Morgan fingerprint density at radius 2 is 1.78 bits per heavy atom. The highest BCUT2D eigenvalue weighted by Gasteiger charge is 2.15. The number of rotatable bonds is 2. The molecule has 1 N–H and O–H groups in total. The SMILES string of the molecule is CN1CCN(Nc2ccc(C(C)(C)C)cn2)CC1. The summed E-state index contributed by atoms with van der Waals surface area (Å²) in [5, 5.41) is 2.24. The van der Waals surface area contributed by atoms with Crippen LogP contribution in [0.3, 0.4) is 0 Å². The molecule has 1 aromatic rings. The monoisotopic (exact) mass is 248 g/mol. The van der Waals surface area contributed by atoms with E-state index in [4.69, 9.17) is 0 Å². The molecule has 0 unspecified atom stereocenters. The number of hydrogen-bond acceptors (Lipinski definition) is 4. The number of anilines is 1. The van der Waals surface area contributed by atoms with Crippen LogP contribution in [0.15, 0.2) is 18.3 Å². The summed E-state index contributed by atoms with van der Waals surface area (Å²) in [6.07, 6.45) is 1.97. The Balaban J connectivity index is 1.94. The van der Waals surface area contributed by atoms with Gasteiger partial charge in [0.05, 0.1) is 0 Å². The van der Waals surface area contributed by atoms with Crippen molar-refractivity contribution in [2.45, 2.75) is 26.2 Å². The predicted octanol–water partition coefficient (Wildman–Crippen LogP) is 1.95. The molecule has 0 amide bonds. The van der Waals surface area contributed by atoms with Crippen LogP contribution in [0.4, 0.5) is 5.82 Å². The smallest absolute Gasteiger partial charge is 0.140 e. The highest BCUT2D eigenvalue weighted by atomic mass is 15.5. The molecule has 2 rings (SSSR count). The summed E-state index contributed by atoms with van der Waals surface area (Å²) in [6.45, 7) is 10.9. The maximum Gasteiger partial charge on any atom is 0.140 e. The number of pyridine rings is 1. The molecule has 2 heterocycles. The minimum Gasteiger partial charge on any atom is -0.304 e. The van der Waals surface area contributed by atoms with Gasteiger partial charge in [0.1, 0.15) is 5.82 Å². The first kappa shape index (κ1) is 13.3. The second-order valence-corrected chi connectivity index (χ2v) is 6.08. The Kier molecular flexibility index (Phi) is 3.88. The Morgan fingerprint density at radius 1 is 1.11 bits per heavy atom. The van der Waals surface area contributed by atoms with Crippen molar-refractivity contribution in [2.75, 3.05) is 38.7 Å². The number of hydrogen-bond donors (Lipinski definition) is 1. The molecule has 100 valence electrons. The first-order valence-corrected chi connectivity index (χ1v) is 6.62. The fourth-order valence-corrected chi connectivity index (χ4v) is 1.98. The summed E-state index contributed by atoms with van der Waals surface area (Å²) in [6, 6.07) is 4.23. The van der Waals surface area contributed by atoms with Crippen LogP contribution in [-0.2, 0) is 5.41 Å². The van der Waals surface area contributed by atoms with E-state index in [2.05, 4.69) is 60.3 Å². The van der Waals surface area contributed by atoms with Gasteiger partial charge in [-0.25, -0.2) is 9.99 Å². The number of nitrogens with zero attached hydrogens (tertiary/aromatic N) is 3. The van der Waals surface area contributed by atoms with E-state index in [1.54, 1.807) is 0 Å². The maximum atomic E-state index is 4.49. The van der Waals surface area contributed by atoms with Gasteiger partial charge in [-0.1, -0.05) is 26.8 Å². The third kappa shape index (κ3) is 3.43. The van der Waals surface area contributed by atoms with E-state index in [-0.39, 0.29) is 5.41 Å². The van der Waals surface area contributed by atoms with Crippen molar-refractivity contribution in [1.82, 2.24) is 14.9 Å². The van der Waals surface area contributed by atoms with E-state index in [0.717, 1.165) is 32.0 Å². The van der Waals surface area contributed by atoms with E-state index >= 15 is 0 Å².